The third kappa shape index (κ3) is 3.85. The number of carbonyl (C=O) groups excluding carboxylic acids is 1. The van der Waals surface area contributed by atoms with Crippen LogP contribution in [0.3, 0.4) is 0 Å². The second-order valence-corrected chi connectivity index (χ2v) is 6.54. The smallest absolute Gasteiger partial charge is 0.343 e. The molecule has 2 aromatic carbocycles. The van der Waals surface area contributed by atoms with E-state index in [0.717, 1.165) is 5.56 Å². The topological polar surface area (TPSA) is 26.3 Å². The average molecular weight is 303 g/mol. The first-order chi connectivity index (χ1) is 9.77. The van der Waals surface area contributed by atoms with E-state index in [9.17, 15) is 4.79 Å². The lowest BCUT2D eigenvalue weighted by Gasteiger charge is -2.18. The number of hydrogen-bond acceptors (Lipinski definition) is 2. The number of hydrogen-bond donors (Lipinski definition) is 0. The third-order valence-corrected chi connectivity index (χ3v) is 3.75. The van der Waals surface area contributed by atoms with Gasteiger partial charge < -0.3 is 4.74 Å². The fourth-order valence-corrected chi connectivity index (χ4v) is 2.08. The summed E-state index contributed by atoms with van der Waals surface area (Å²) in [6.45, 7) is 8.30. The Hall–Kier alpha value is -1.80. The Balaban J connectivity index is 2.15. The molecule has 0 amide bonds. The van der Waals surface area contributed by atoms with Crippen molar-refractivity contribution in [1.82, 2.24) is 0 Å². The van der Waals surface area contributed by atoms with Gasteiger partial charge in [-0.25, -0.2) is 4.79 Å². The standard InChI is InChI=1S/C18H19ClO2/c1-12-5-10-15(11-16(12)19)21-17(20)13-6-8-14(9-7-13)18(2,3)4/h5-11H,1-4H3. The minimum absolute atomic E-state index is 0.0624. The minimum Gasteiger partial charge on any atom is -0.423 e. The van der Waals surface area contributed by atoms with Gasteiger partial charge in [-0.3, -0.25) is 0 Å². The van der Waals surface area contributed by atoms with Crippen molar-refractivity contribution in [2.45, 2.75) is 33.1 Å². The molecule has 0 N–H and O–H groups in total. The second kappa shape index (κ2) is 5.90. The summed E-state index contributed by atoms with van der Waals surface area (Å²) >= 11 is 6.02. The molecule has 3 heteroatoms. The van der Waals surface area contributed by atoms with Crippen molar-refractivity contribution in [3.05, 3.63) is 64.2 Å². The maximum absolute atomic E-state index is 12.1. The van der Waals surface area contributed by atoms with Crippen molar-refractivity contribution < 1.29 is 9.53 Å². The molecule has 21 heavy (non-hydrogen) atoms. The van der Waals surface area contributed by atoms with Gasteiger partial charge in [0, 0.05) is 5.02 Å². The largest absolute Gasteiger partial charge is 0.423 e. The zero-order valence-electron chi connectivity index (χ0n) is 12.7. The molecule has 0 heterocycles. The lowest BCUT2D eigenvalue weighted by Crippen LogP contribution is -2.12. The first-order valence-corrected chi connectivity index (χ1v) is 7.24. The highest BCUT2D eigenvalue weighted by Gasteiger charge is 2.15. The molecule has 0 aliphatic heterocycles. The lowest BCUT2D eigenvalue weighted by molar-refractivity contribution is 0.0734. The molecule has 0 bridgehead atoms. The van der Waals surface area contributed by atoms with Crippen molar-refractivity contribution in [2.75, 3.05) is 0 Å². The van der Waals surface area contributed by atoms with Crippen LogP contribution in [0, 0.1) is 6.92 Å². The Kier molecular flexibility index (Phi) is 4.38. The number of esters is 1. The minimum atomic E-state index is -0.379. The predicted molar refractivity (Wildman–Crippen MR) is 86.3 cm³/mol. The first kappa shape index (κ1) is 15.6. The van der Waals surface area contributed by atoms with Crippen LogP contribution in [0.2, 0.25) is 5.02 Å². The molecule has 0 radical (unpaired) electrons. The molecule has 2 aromatic rings. The number of carbonyl (C=O) groups is 1. The molecule has 0 aromatic heterocycles. The lowest BCUT2D eigenvalue weighted by atomic mass is 9.87. The van der Waals surface area contributed by atoms with Crippen LogP contribution in [0.25, 0.3) is 0 Å². The molecule has 0 unspecified atom stereocenters. The van der Waals surface area contributed by atoms with Crippen LogP contribution >= 0.6 is 11.6 Å². The van der Waals surface area contributed by atoms with Gasteiger partial charge in [0.25, 0.3) is 0 Å². The Morgan fingerprint density at radius 1 is 1.05 bits per heavy atom. The predicted octanol–water partition coefficient (Wildman–Crippen LogP) is 5.17. The van der Waals surface area contributed by atoms with E-state index in [0.29, 0.717) is 16.3 Å². The molecule has 2 rings (SSSR count). The summed E-state index contributed by atoms with van der Waals surface area (Å²) in [4.78, 5) is 12.1. The number of halogens is 1. The summed E-state index contributed by atoms with van der Waals surface area (Å²) < 4.78 is 5.34. The summed E-state index contributed by atoms with van der Waals surface area (Å²) in [6.07, 6.45) is 0. The first-order valence-electron chi connectivity index (χ1n) is 6.86. The average Bonchev–Trinajstić information content (AvgIpc) is 2.42. The molecule has 0 atom stereocenters. The Morgan fingerprint density at radius 2 is 1.67 bits per heavy atom. The van der Waals surface area contributed by atoms with Crippen LogP contribution in [0.1, 0.15) is 42.3 Å². The zero-order valence-corrected chi connectivity index (χ0v) is 13.5. The molecule has 0 saturated heterocycles. The van der Waals surface area contributed by atoms with Crippen LogP contribution in [-0.2, 0) is 5.41 Å². The van der Waals surface area contributed by atoms with E-state index in [2.05, 4.69) is 20.8 Å². The molecular formula is C18H19ClO2. The van der Waals surface area contributed by atoms with Gasteiger partial charge in [-0.1, -0.05) is 50.6 Å². The Morgan fingerprint density at radius 3 is 2.19 bits per heavy atom. The maximum Gasteiger partial charge on any atom is 0.343 e. The monoisotopic (exact) mass is 302 g/mol. The van der Waals surface area contributed by atoms with E-state index in [4.69, 9.17) is 16.3 Å². The molecule has 0 aliphatic carbocycles. The van der Waals surface area contributed by atoms with Gasteiger partial charge >= 0.3 is 5.97 Å². The summed E-state index contributed by atoms with van der Waals surface area (Å²) in [5.74, 6) is 0.0749. The van der Waals surface area contributed by atoms with Gasteiger partial charge in [-0.15, -0.1) is 0 Å². The highest BCUT2D eigenvalue weighted by atomic mass is 35.5. The SMILES string of the molecule is Cc1ccc(OC(=O)c2ccc(C(C)(C)C)cc2)cc1Cl. The van der Waals surface area contributed by atoms with Crippen molar-refractivity contribution in [1.29, 1.82) is 0 Å². The summed E-state index contributed by atoms with van der Waals surface area (Å²) in [5.41, 5.74) is 2.72. The van der Waals surface area contributed by atoms with Crippen LogP contribution in [0.15, 0.2) is 42.5 Å². The highest BCUT2D eigenvalue weighted by molar-refractivity contribution is 6.31. The molecule has 0 aliphatic rings. The number of benzene rings is 2. The Bertz CT molecular complexity index is 652. The van der Waals surface area contributed by atoms with Gasteiger partial charge in [0.2, 0.25) is 0 Å². The van der Waals surface area contributed by atoms with Crippen LogP contribution in [0.4, 0.5) is 0 Å². The van der Waals surface area contributed by atoms with Crippen LogP contribution < -0.4 is 4.74 Å². The fourth-order valence-electron chi connectivity index (χ4n) is 1.91. The maximum atomic E-state index is 12.1. The normalized spacial score (nSPS) is 11.3. The number of aryl methyl sites for hydroxylation is 1. The molecule has 0 spiro atoms. The van der Waals surface area contributed by atoms with Crippen molar-refractivity contribution in [3.63, 3.8) is 0 Å². The van der Waals surface area contributed by atoms with E-state index < -0.39 is 0 Å². The van der Waals surface area contributed by atoms with E-state index in [1.165, 1.54) is 5.56 Å². The quantitative estimate of drug-likeness (QED) is 0.565. The van der Waals surface area contributed by atoms with Crippen molar-refractivity contribution in [3.8, 4) is 5.75 Å². The molecular weight excluding hydrogens is 284 g/mol. The number of rotatable bonds is 2. The Labute approximate surface area is 130 Å². The van der Waals surface area contributed by atoms with Crippen LogP contribution in [-0.4, -0.2) is 5.97 Å². The van der Waals surface area contributed by atoms with Gasteiger partial charge in [0.05, 0.1) is 5.56 Å². The van der Waals surface area contributed by atoms with E-state index in [-0.39, 0.29) is 11.4 Å². The summed E-state index contributed by atoms with van der Waals surface area (Å²) in [5, 5.41) is 0.586. The van der Waals surface area contributed by atoms with Gasteiger partial charge in [-0.2, -0.15) is 0 Å². The fraction of sp³-hybridized carbons (Fsp3) is 0.278. The molecule has 110 valence electrons. The number of ether oxygens (including phenoxy) is 1. The molecule has 0 saturated carbocycles. The molecule has 2 nitrogen and oxygen atoms in total. The highest BCUT2D eigenvalue weighted by Crippen LogP contribution is 2.24. The summed E-state index contributed by atoms with van der Waals surface area (Å²) in [6, 6.07) is 12.7. The van der Waals surface area contributed by atoms with Gasteiger partial charge in [-0.05, 0) is 47.7 Å². The van der Waals surface area contributed by atoms with E-state index >= 15 is 0 Å². The second-order valence-electron chi connectivity index (χ2n) is 6.13. The van der Waals surface area contributed by atoms with Crippen molar-refractivity contribution in [2.24, 2.45) is 0 Å². The van der Waals surface area contributed by atoms with Crippen LogP contribution in [0.5, 0.6) is 5.75 Å². The van der Waals surface area contributed by atoms with E-state index in [1.807, 2.05) is 25.1 Å². The van der Waals surface area contributed by atoms with Crippen molar-refractivity contribution >= 4 is 17.6 Å². The van der Waals surface area contributed by atoms with Gasteiger partial charge in [0.1, 0.15) is 5.75 Å². The summed E-state index contributed by atoms with van der Waals surface area (Å²) in [7, 11) is 0. The van der Waals surface area contributed by atoms with E-state index in [1.54, 1.807) is 24.3 Å². The third-order valence-electron chi connectivity index (χ3n) is 3.34. The zero-order chi connectivity index (χ0) is 15.6. The molecule has 0 fully saturated rings. The van der Waals surface area contributed by atoms with Gasteiger partial charge in [0.15, 0.2) is 0 Å².